The van der Waals surface area contributed by atoms with Crippen molar-refractivity contribution < 1.29 is 0 Å². The van der Waals surface area contributed by atoms with Gasteiger partial charge in [0, 0.05) is 33.1 Å². The zero-order valence-corrected chi connectivity index (χ0v) is 18.8. The zero-order chi connectivity index (χ0) is 18.3. The predicted molar refractivity (Wildman–Crippen MR) is 118 cm³/mol. The van der Waals surface area contributed by atoms with Gasteiger partial charge in [-0.05, 0) is 18.4 Å². The minimum Gasteiger partial charge on any atom is -0.355 e. The van der Waals surface area contributed by atoms with Crippen LogP contribution in [0.1, 0.15) is 38.1 Å². The lowest BCUT2D eigenvalue weighted by Gasteiger charge is -2.34. The van der Waals surface area contributed by atoms with E-state index in [-0.39, 0.29) is 29.4 Å². The molecule has 6 nitrogen and oxygen atoms in total. The molecular weight excluding hydrogens is 439 g/mol. The summed E-state index contributed by atoms with van der Waals surface area (Å²) in [6.45, 7) is 6.01. The van der Waals surface area contributed by atoms with E-state index < -0.39 is 0 Å². The van der Waals surface area contributed by atoms with Crippen LogP contribution in [0.3, 0.4) is 0 Å². The molecule has 0 radical (unpaired) electrons. The molecule has 0 aliphatic carbocycles. The molecule has 0 atom stereocenters. The highest BCUT2D eigenvalue weighted by Gasteiger charge is 2.28. The molecule has 2 aromatic rings. The van der Waals surface area contributed by atoms with Crippen molar-refractivity contribution in [2.45, 2.75) is 38.6 Å². The molecule has 0 unspecified atom stereocenters. The van der Waals surface area contributed by atoms with Gasteiger partial charge >= 0.3 is 0 Å². The molecule has 0 aliphatic rings. The van der Waals surface area contributed by atoms with Gasteiger partial charge in [-0.2, -0.15) is 5.10 Å². The molecule has 0 fully saturated rings. The molecule has 0 bridgehead atoms. The Labute approximate surface area is 174 Å². The number of hydrogen-bond donors (Lipinski definition) is 1. The molecule has 7 heteroatoms. The van der Waals surface area contributed by atoms with Crippen LogP contribution in [-0.4, -0.2) is 46.3 Å². The zero-order valence-electron chi connectivity index (χ0n) is 16.4. The maximum Gasteiger partial charge on any atom is 0.193 e. The van der Waals surface area contributed by atoms with E-state index in [0.717, 1.165) is 31.2 Å². The van der Waals surface area contributed by atoms with E-state index in [0.29, 0.717) is 6.54 Å². The van der Waals surface area contributed by atoms with Crippen LogP contribution in [0.5, 0.6) is 0 Å². The summed E-state index contributed by atoms with van der Waals surface area (Å²) in [5, 5.41) is 7.69. The Kier molecular flexibility index (Phi) is 9.04. The van der Waals surface area contributed by atoms with Crippen molar-refractivity contribution in [3.63, 3.8) is 0 Å². The minimum atomic E-state index is 0. The number of aromatic nitrogens is 3. The van der Waals surface area contributed by atoms with Crippen LogP contribution in [0.4, 0.5) is 0 Å². The van der Waals surface area contributed by atoms with Crippen molar-refractivity contribution in [1.29, 1.82) is 0 Å². The van der Waals surface area contributed by atoms with E-state index in [1.165, 1.54) is 5.56 Å². The van der Waals surface area contributed by atoms with Gasteiger partial charge in [0.05, 0.1) is 6.54 Å². The number of hydrogen-bond acceptors (Lipinski definition) is 3. The van der Waals surface area contributed by atoms with Crippen molar-refractivity contribution in [2.24, 2.45) is 12.0 Å². The minimum absolute atomic E-state index is 0. The summed E-state index contributed by atoms with van der Waals surface area (Å²) in [4.78, 5) is 10.8. The van der Waals surface area contributed by atoms with Gasteiger partial charge in [0.2, 0.25) is 0 Å². The Morgan fingerprint density at radius 3 is 2.38 bits per heavy atom. The van der Waals surface area contributed by atoms with Gasteiger partial charge in [0.1, 0.15) is 12.2 Å². The Morgan fingerprint density at radius 2 is 1.88 bits per heavy atom. The van der Waals surface area contributed by atoms with E-state index >= 15 is 0 Å². The van der Waals surface area contributed by atoms with E-state index in [1.54, 1.807) is 11.0 Å². The molecule has 1 heterocycles. The lowest BCUT2D eigenvalue weighted by Crippen LogP contribution is -2.46. The maximum atomic E-state index is 4.44. The summed E-state index contributed by atoms with van der Waals surface area (Å²) in [6, 6.07) is 10.7. The van der Waals surface area contributed by atoms with Crippen LogP contribution in [0.15, 0.2) is 41.7 Å². The Balaban J connectivity index is 0.00000338. The smallest absolute Gasteiger partial charge is 0.193 e. The van der Waals surface area contributed by atoms with E-state index in [4.69, 9.17) is 0 Å². The van der Waals surface area contributed by atoms with Gasteiger partial charge in [0.15, 0.2) is 5.96 Å². The number of halogens is 1. The average molecular weight is 470 g/mol. The third-order valence-corrected chi connectivity index (χ3v) is 5.08. The fourth-order valence-electron chi connectivity index (χ4n) is 3.19. The monoisotopic (exact) mass is 470 g/mol. The van der Waals surface area contributed by atoms with Gasteiger partial charge in [-0.15, -0.1) is 24.0 Å². The Bertz CT molecular complexity index is 678. The highest BCUT2D eigenvalue weighted by Crippen LogP contribution is 2.30. The third-order valence-electron chi connectivity index (χ3n) is 5.08. The van der Waals surface area contributed by atoms with Crippen molar-refractivity contribution in [3.05, 3.63) is 48.0 Å². The Morgan fingerprint density at radius 1 is 1.23 bits per heavy atom. The van der Waals surface area contributed by atoms with E-state index in [9.17, 15) is 0 Å². The molecule has 144 valence electrons. The number of aryl methyl sites for hydroxylation is 1. The van der Waals surface area contributed by atoms with Crippen molar-refractivity contribution in [1.82, 2.24) is 25.0 Å². The molecule has 2 rings (SSSR count). The fraction of sp³-hybridized carbons (Fsp3) is 0.526. The molecule has 0 spiro atoms. The first-order valence-electron chi connectivity index (χ1n) is 8.86. The van der Waals surface area contributed by atoms with Gasteiger partial charge in [0.25, 0.3) is 0 Å². The first-order valence-corrected chi connectivity index (χ1v) is 8.86. The second kappa shape index (κ2) is 10.5. The third kappa shape index (κ3) is 5.18. The molecule has 0 saturated carbocycles. The number of guanidine groups is 1. The second-order valence-electron chi connectivity index (χ2n) is 6.41. The lowest BCUT2D eigenvalue weighted by atomic mass is 9.76. The maximum absolute atomic E-state index is 4.44. The van der Waals surface area contributed by atoms with Crippen molar-refractivity contribution in [2.75, 3.05) is 20.6 Å². The first-order chi connectivity index (χ1) is 12.1. The average Bonchev–Trinajstić information content (AvgIpc) is 3.04. The number of aliphatic imine (C=N–C) groups is 1. The van der Waals surface area contributed by atoms with E-state index in [2.05, 4.69) is 69.5 Å². The van der Waals surface area contributed by atoms with Crippen molar-refractivity contribution in [3.8, 4) is 0 Å². The van der Waals surface area contributed by atoms with Crippen molar-refractivity contribution >= 4 is 29.9 Å². The molecule has 0 amide bonds. The fourth-order valence-corrected chi connectivity index (χ4v) is 3.19. The topological polar surface area (TPSA) is 58.3 Å². The number of nitrogens with one attached hydrogen (secondary N) is 1. The van der Waals surface area contributed by atoms with Crippen LogP contribution < -0.4 is 5.32 Å². The molecule has 1 N–H and O–H groups in total. The predicted octanol–water partition coefficient (Wildman–Crippen LogP) is 3.20. The number of nitrogens with zero attached hydrogens (tertiary/aromatic N) is 5. The van der Waals surface area contributed by atoms with E-state index in [1.807, 2.05) is 21.1 Å². The SMILES string of the molecule is CCC(CC)(CNC(=NC)N(C)Cc1ncnn1C)c1ccccc1.I. The highest BCUT2D eigenvalue weighted by atomic mass is 127. The van der Waals surface area contributed by atoms with Crippen LogP contribution in [-0.2, 0) is 19.0 Å². The van der Waals surface area contributed by atoms with Crippen LogP contribution >= 0.6 is 24.0 Å². The number of benzene rings is 1. The largest absolute Gasteiger partial charge is 0.355 e. The molecule has 0 saturated heterocycles. The summed E-state index contributed by atoms with van der Waals surface area (Å²) >= 11 is 0. The van der Waals surface area contributed by atoms with Gasteiger partial charge in [-0.1, -0.05) is 44.2 Å². The van der Waals surface area contributed by atoms with Gasteiger partial charge in [-0.3, -0.25) is 9.67 Å². The quantitative estimate of drug-likeness (QED) is 0.384. The molecule has 26 heavy (non-hydrogen) atoms. The molecule has 0 aliphatic heterocycles. The molecule has 1 aromatic carbocycles. The van der Waals surface area contributed by atoms with Crippen LogP contribution in [0.2, 0.25) is 0 Å². The second-order valence-corrected chi connectivity index (χ2v) is 6.41. The van der Waals surface area contributed by atoms with Crippen LogP contribution in [0, 0.1) is 0 Å². The van der Waals surface area contributed by atoms with Crippen LogP contribution in [0.25, 0.3) is 0 Å². The number of rotatable bonds is 7. The summed E-state index contributed by atoms with van der Waals surface area (Å²) in [5.74, 6) is 1.77. The first kappa shape index (κ1) is 22.4. The normalized spacial score (nSPS) is 11.8. The molecule has 1 aromatic heterocycles. The van der Waals surface area contributed by atoms with Gasteiger partial charge in [-0.25, -0.2) is 4.98 Å². The van der Waals surface area contributed by atoms with Gasteiger partial charge < -0.3 is 10.2 Å². The standard InChI is InChI=1S/C19H30N6.HI/c1-6-19(7-2,16-11-9-8-10-12-16)14-21-18(20-3)24(4)13-17-22-15-23-25(17)5;/h8-12,15H,6-7,13-14H2,1-5H3,(H,20,21);1H. The highest BCUT2D eigenvalue weighted by molar-refractivity contribution is 14.0. The lowest BCUT2D eigenvalue weighted by molar-refractivity contribution is 0.375. The summed E-state index contributed by atoms with van der Waals surface area (Å²) in [7, 11) is 5.74. The summed E-state index contributed by atoms with van der Waals surface area (Å²) in [6.07, 6.45) is 3.73. The Hall–Kier alpha value is -1.64. The summed E-state index contributed by atoms with van der Waals surface area (Å²) in [5.41, 5.74) is 1.47. The molecular formula is C19H31IN6. The summed E-state index contributed by atoms with van der Waals surface area (Å²) < 4.78 is 1.79.